The third-order valence-corrected chi connectivity index (χ3v) is 4.81. The molecule has 1 aliphatic carbocycles. The number of hydrogen-bond donors (Lipinski definition) is 0. The summed E-state index contributed by atoms with van der Waals surface area (Å²) < 4.78 is 16.9. The third-order valence-electron chi connectivity index (χ3n) is 4.45. The van der Waals surface area contributed by atoms with Gasteiger partial charge in [-0.15, -0.1) is 0 Å². The minimum Gasteiger partial charge on any atom is -0.366 e. The molecule has 3 nitrogen and oxygen atoms in total. The normalized spacial score (nSPS) is 35.8. The van der Waals surface area contributed by atoms with Gasteiger partial charge in [-0.3, -0.25) is 0 Å². The molecular formula is C14H25ClO3. The molecule has 4 heteroatoms. The van der Waals surface area contributed by atoms with Crippen molar-refractivity contribution in [2.75, 3.05) is 20.3 Å². The number of ether oxygens (including phenoxy) is 3. The predicted molar refractivity (Wildman–Crippen MR) is 71.6 cm³/mol. The van der Waals surface area contributed by atoms with Crippen molar-refractivity contribution in [3.8, 4) is 0 Å². The summed E-state index contributed by atoms with van der Waals surface area (Å²) in [6.07, 6.45) is 3.22. The van der Waals surface area contributed by atoms with E-state index in [2.05, 4.69) is 6.92 Å². The van der Waals surface area contributed by atoms with Crippen LogP contribution in [0.15, 0.2) is 0 Å². The Labute approximate surface area is 115 Å². The van der Waals surface area contributed by atoms with Crippen LogP contribution in [0.4, 0.5) is 0 Å². The average Bonchev–Trinajstić information content (AvgIpc) is 2.61. The lowest BCUT2D eigenvalue weighted by Gasteiger charge is -2.41. The maximum atomic E-state index is 6.10. The SMILES string of the molecule is COC(Cl)C[C@H]1CC2(COC(C)(C)OC2)C[C@@H]1C. The summed E-state index contributed by atoms with van der Waals surface area (Å²) in [4.78, 5) is 0. The number of halogens is 1. The molecule has 1 saturated heterocycles. The smallest absolute Gasteiger partial charge is 0.162 e. The van der Waals surface area contributed by atoms with Crippen LogP contribution in [0, 0.1) is 17.3 Å². The van der Waals surface area contributed by atoms with Crippen LogP contribution in [0.1, 0.15) is 40.0 Å². The van der Waals surface area contributed by atoms with Crippen LogP contribution in [-0.2, 0) is 14.2 Å². The molecular weight excluding hydrogens is 252 g/mol. The maximum Gasteiger partial charge on any atom is 0.162 e. The fraction of sp³-hybridized carbons (Fsp3) is 1.00. The summed E-state index contributed by atoms with van der Waals surface area (Å²) >= 11 is 6.10. The zero-order valence-corrected chi connectivity index (χ0v) is 12.6. The lowest BCUT2D eigenvalue weighted by molar-refractivity contribution is -0.285. The Morgan fingerprint density at radius 3 is 2.44 bits per heavy atom. The van der Waals surface area contributed by atoms with E-state index in [-0.39, 0.29) is 11.0 Å². The van der Waals surface area contributed by atoms with E-state index in [1.807, 2.05) is 13.8 Å². The molecule has 0 aromatic heterocycles. The fourth-order valence-corrected chi connectivity index (χ4v) is 3.54. The maximum absolute atomic E-state index is 6.10. The Kier molecular flexibility index (Phi) is 4.27. The van der Waals surface area contributed by atoms with E-state index in [0.717, 1.165) is 26.1 Å². The average molecular weight is 277 g/mol. The van der Waals surface area contributed by atoms with Gasteiger partial charge in [-0.2, -0.15) is 0 Å². The highest BCUT2D eigenvalue weighted by Crippen LogP contribution is 2.50. The van der Waals surface area contributed by atoms with E-state index >= 15 is 0 Å². The van der Waals surface area contributed by atoms with Crippen LogP contribution in [0.3, 0.4) is 0 Å². The quantitative estimate of drug-likeness (QED) is 0.740. The molecule has 1 unspecified atom stereocenters. The Morgan fingerprint density at radius 1 is 1.28 bits per heavy atom. The number of rotatable bonds is 3. The second-order valence-electron chi connectivity index (χ2n) is 6.50. The molecule has 2 aliphatic rings. The standard InChI is InChI=1S/C14H25ClO3/c1-10-6-14(7-11(10)5-12(15)16-4)8-17-13(2,3)18-9-14/h10-12H,5-9H2,1-4H3/t10-,11-,12?/m0/s1. The Hall–Kier alpha value is 0.170. The lowest BCUT2D eigenvalue weighted by atomic mass is 9.85. The largest absolute Gasteiger partial charge is 0.366 e. The fourth-order valence-electron chi connectivity index (χ4n) is 3.31. The monoisotopic (exact) mass is 276 g/mol. The van der Waals surface area contributed by atoms with Gasteiger partial charge in [0, 0.05) is 12.5 Å². The second-order valence-corrected chi connectivity index (χ2v) is 6.99. The second kappa shape index (κ2) is 5.28. The molecule has 2 rings (SSSR count). The lowest BCUT2D eigenvalue weighted by Crippen LogP contribution is -2.45. The van der Waals surface area contributed by atoms with Crippen LogP contribution in [0.25, 0.3) is 0 Å². The molecule has 0 aromatic rings. The van der Waals surface area contributed by atoms with Gasteiger partial charge in [-0.25, -0.2) is 0 Å². The third kappa shape index (κ3) is 3.19. The van der Waals surface area contributed by atoms with Gasteiger partial charge in [-0.1, -0.05) is 18.5 Å². The Balaban J connectivity index is 1.94. The highest BCUT2D eigenvalue weighted by atomic mass is 35.5. The van der Waals surface area contributed by atoms with Gasteiger partial charge in [0.25, 0.3) is 0 Å². The molecule has 106 valence electrons. The van der Waals surface area contributed by atoms with E-state index in [0.29, 0.717) is 11.8 Å². The highest BCUT2D eigenvalue weighted by Gasteiger charge is 2.48. The van der Waals surface area contributed by atoms with Gasteiger partial charge in [-0.05, 0) is 44.9 Å². The first-order valence-electron chi connectivity index (χ1n) is 6.81. The van der Waals surface area contributed by atoms with E-state index in [1.165, 1.54) is 6.42 Å². The van der Waals surface area contributed by atoms with Crippen LogP contribution in [0.5, 0.6) is 0 Å². The minimum absolute atomic E-state index is 0.172. The van der Waals surface area contributed by atoms with Crippen LogP contribution < -0.4 is 0 Å². The summed E-state index contributed by atoms with van der Waals surface area (Å²) in [5, 5.41) is 0. The summed E-state index contributed by atoms with van der Waals surface area (Å²) in [7, 11) is 1.67. The van der Waals surface area contributed by atoms with E-state index in [9.17, 15) is 0 Å². The van der Waals surface area contributed by atoms with Crippen molar-refractivity contribution in [3.63, 3.8) is 0 Å². The molecule has 1 saturated carbocycles. The number of alkyl halides is 1. The van der Waals surface area contributed by atoms with Crippen LogP contribution >= 0.6 is 11.6 Å². The molecule has 0 aromatic carbocycles. The van der Waals surface area contributed by atoms with E-state index in [4.69, 9.17) is 25.8 Å². The first-order chi connectivity index (χ1) is 8.36. The minimum atomic E-state index is -0.422. The van der Waals surface area contributed by atoms with Crippen molar-refractivity contribution in [1.29, 1.82) is 0 Å². The molecule has 0 bridgehead atoms. The summed E-state index contributed by atoms with van der Waals surface area (Å²) in [6, 6.07) is 0. The van der Waals surface area contributed by atoms with E-state index < -0.39 is 5.79 Å². The molecule has 0 amide bonds. The zero-order valence-electron chi connectivity index (χ0n) is 11.9. The molecule has 2 fully saturated rings. The van der Waals surface area contributed by atoms with Crippen molar-refractivity contribution in [2.45, 2.75) is 51.4 Å². The van der Waals surface area contributed by atoms with Crippen molar-refractivity contribution in [1.82, 2.24) is 0 Å². The van der Waals surface area contributed by atoms with Crippen molar-refractivity contribution in [3.05, 3.63) is 0 Å². The molecule has 18 heavy (non-hydrogen) atoms. The zero-order chi connectivity index (χ0) is 13.4. The first-order valence-corrected chi connectivity index (χ1v) is 7.24. The van der Waals surface area contributed by atoms with Crippen molar-refractivity contribution < 1.29 is 14.2 Å². The molecule has 0 radical (unpaired) electrons. The predicted octanol–water partition coefficient (Wildman–Crippen LogP) is 3.40. The molecule has 3 atom stereocenters. The Morgan fingerprint density at radius 2 is 1.89 bits per heavy atom. The van der Waals surface area contributed by atoms with Gasteiger partial charge in [0.1, 0.15) is 5.56 Å². The van der Waals surface area contributed by atoms with Gasteiger partial charge >= 0.3 is 0 Å². The summed E-state index contributed by atoms with van der Waals surface area (Å²) in [6.45, 7) is 7.88. The van der Waals surface area contributed by atoms with Crippen LogP contribution in [0.2, 0.25) is 0 Å². The number of methoxy groups -OCH3 is 1. The topological polar surface area (TPSA) is 27.7 Å². The summed E-state index contributed by atoms with van der Waals surface area (Å²) in [5.41, 5.74) is 0.0266. The van der Waals surface area contributed by atoms with Gasteiger partial charge in [0.05, 0.1) is 13.2 Å². The molecule has 1 spiro atoms. The van der Waals surface area contributed by atoms with Crippen molar-refractivity contribution in [2.24, 2.45) is 17.3 Å². The van der Waals surface area contributed by atoms with Crippen LogP contribution in [-0.4, -0.2) is 31.7 Å². The van der Waals surface area contributed by atoms with Gasteiger partial charge < -0.3 is 14.2 Å². The van der Waals surface area contributed by atoms with E-state index in [1.54, 1.807) is 7.11 Å². The summed E-state index contributed by atoms with van der Waals surface area (Å²) in [5.74, 6) is 0.851. The molecule has 1 aliphatic heterocycles. The van der Waals surface area contributed by atoms with Gasteiger partial charge in [0.15, 0.2) is 5.79 Å². The van der Waals surface area contributed by atoms with Gasteiger partial charge in [0.2, 0.25) is 0 Å². The molecule has 1 heterocycles. The van der Waals surface area contributed by atoms with Crippen molar-refractivity contribution >= 4 is 11.6 Å². The highest BCUT2D eigenvalue weighted by molar-refractivity contribution is 6.19. The molecule has 0 N–H and O–H groups in total. The Bertz CT molecular complexity index is 283. The first kappa shape index (κ1) is 14.6. The number of hydrogen-bond acceptors (Lipinski definition) is 3.